The van der Waals surface area contributed by atoms with Crippen molar-refractivity contribution >= 4 is 39.0 Å². The number of hydrogen-bond acceptors (Lipinski definition) is 3. The van der Waals surface area contributed by atoms with Crippen molar-refractivity contribution in [1.82, 2.24) is 5.32 Å². The second kappa shape index (κ2) is 6.88. The summed E-state index contributed by atoms with van der Waals surface area (Å²) >= 11 is 7.18. The highest BCUT2D eigenvalue weighted by atomic mass is 79.9. The minimum Gasteiger partial charge on any atom is -0.312 e. The molecule has 1 rings (SSSR count). The maximum absolute atomic E-state index is 3.46. The molecule has 0 saturated heterocycles. The third kappa shape index (κ3) is 4.82. The van der Waals surface area contributed by atoms with Crippen molar-refractivity contribution in [1.29, 1.82) is 0 Å². The van der Waals surface area contributed by atoms with Crippen LogP contribution in [0.15, 0.2) is 15.9 Å². The second-order valence-electron chi connectivity index (χ2n) is 3.24. The van der Waals surface area contributed by atoms with E-state index < -0.39 is 0 Å². The Morgan fingerprint density at radius 3 is 3.00 bits per heavy atom. The van der Waals surface area contributed by atoms with Gasteiger partial charge in [0.25, 0.3) is 0 Å². The monoisotopic (exact) mass is 293 g/mol. The van der Waals surface area contributed by atoms with E-state index in [9.17, 15) is 0 Å². The maximum Gasteiger partial charge on any atom is 0.0300 e. The van der Waals surface area contributed by atoms with Gasteiger partial charge < -0.3 is 5.32 Å². The van der Waals surface area contributed by atoms with E-state index in [1.807, 2.05) is 11.8 Å². The third-order valence-electron chi connectivity index (χ3n) is 2.05. The van der Waals surface area contributed by atoms with Gasteiger partial charge in [-0.1, -0.05) is 6.92 Å². The molecule has 1 aromatic rings. The van der Waals surface area contributed by atoms with Crippen molar-refractivity contribution in [2.45, 2.75) is 25.1 Å². The van der Waals surface area contributed by atoms with Gasteiger partial charge in [0.05, 0.1) is 0 Å². The smallest absolute Gasteiger partial charge is 0.0300 e. The van der Waals surface area contributed by atoms with E-state index in [4.69, 9.17) is 0 Å². The van der Waals surface area contributed by atoms with Crippen LogP contribution < -0.4 is 5.32 Å². The number of thioether (sulfide) groups is 1. The van der Waals surface area contributed by atoms with Crippen LogP contribution in [0.25, 0.3) is 0 Å². The van der Waals surface area contributed by atoms with Crippen molar-refractivity contribution in [2.24, 2.45) is 0 Å². The van der Waals surface area contributed by atoms with Crippen LogP contribution in [-0.4, -0.2) is 18.1 Å². The number of thiophene rings is 1. The lowest BCUT2D eigenvalue weighted by Crippen LogP contribution is -2.16. The highest BCUT2D eigenvalue weighted by Gasteiger charge is 1.99. The fourth-order valence-electron chi connectivity index (χ4n) is 1.08. The molecule has 0 aromatic carbocycles. The fraction of sp³-hybridized carbons (Fsp3) is 0.600. The second-order valence-corrected chi connectivity index (χ2v) is 6.43. The van der Waals surface area contributed by atoms with E-state index >= 15 is 0 Å². The van der Waals surface area contributed by atoms with E-state index in [-0.39, 0.29) is 0 Å². The minimum atomic E-state index is 0.762. The molecular weight excluding hydrogens is 278 g/mol. The van der Waals surface area contributed by atoms with Gasteiger partial charge in [-0.3, -0.25) is 0 Å². The van der Waals surface area contributed by atoms with Crippen molar-refractivity contribution in [2.75, 3.05) is 12.8 Å². The van der Waals surface area contributed by atoms with Crippen LogP contribution in [-0.2, 0) is 6.54 Å². The van der Waals surface area contributed by atoms with Crippen LogP contribution in [0, 0.1) is 0 Å². The minimum absolute atomic E-state index is 0.762. The normalized spacial score (nSPS) is 13.1. The fourth-order valence-corrected chi connectivity index (χ4v) is 2.86. The summed E-state index contributed by atoms with van der Waals surface area (Å²) in [4.78, 5) is 1.40. The summed E-state index contributed by atoms with van der Waals surface area (Å²) in [5.74, 6) is 0. The van der Waals surface area contributed by atoms with Crippen molar-refractivity contribution in [3.63, 3.8) is 0 Å². The van der Waals surface area contributed by atoms with Gasteiger partial charge in [-0.15, -0.1) is 11.3 Å². The van der Waals surface area contributed by atoms with Gasteiger partial charge in [0, 0.05) is 26.5 Å². The van der Waals surface area contributed by atoms with Gasteiger partial charge in [0.1, 0.15) is 0 Å². The standard InChI is InChI=1S/C10H16BrNS2/c1-8(13-2)3-4-12-6-10-5-9(11)7-14-10/h5,7-8,12H,3-4,6H2,1-2H3. The average molecular weight is 294 g/mol. The van der Waals surface area contributed by atoms with Gasteiger partial charge in [-0.25, -0.2) is 0 Å². The molecule has 0 fully saturated rings. The summed E-state index contributed by atoms with van der Waals surface area (Å²) in [6.45, 7) is 4.38. The molecule has 1 unspecified atom stereocenters. The molecule has 1 N–H and O–H groups in total. The van der Waals surface area contributed by atoms with Crippen LogP contribution in [0.4, 0.5) is 0 Å². The van der Waals surface area contributed by atoms with Crippen LogP contribution in [0.1, 0.15) is 18.2 Å². The molecule has 0 amide bonds. The molecule has 0 saturated carbocycles. The SMILES string of the molecule is CSC(C)CCNCc1cc(Br)cs1. The van der Waals surface area contributed by atoms with Gasteiger partial charge in [-0.05, 0) is 41.2 Å². The van der Waals surface area contributed by atoms with Crippen LogP contribution >= 0.6 is 39.0 Å². The molecule has 0 spiro atoms. The summed E-state index contributed by atoms with van der Waals surface area (Å²) in [5.41, 5.74) is 0. The Hall–Kier alpha value is 0.490. The molecule has 0 aliphatic carbocycles. The van der Waals surface area contributed by atoms with Crippen molar-refractivity contribution in [3.05, 3.63) is 20.8 Å². The van der Waals surface area contributed by atoms with E-state index in [1.165, 1.54) is 15.8 Å². The summed E-state index contributed by atoms with van der Waals surface area (Å²) in [5, 5.41) is 6.34. The molecule has 0 aliphatic rings. The first kappa shape index (κ1) is 12.6. The van der Waals surface area contributed by atoms with Gasteiger partial charge in [0.15, 0.2) is 0 Å². The van der Waals surface area contributed by atoms with Crippen molar-refractivity contribution < 1.29 is 0 Å². The van der Waals surface area contributed by atoms with Gasteiger partial charge in [-0.2, -0.15) is 11.8 Å². The topological polar surface area (TPSA) is 12.0 Å². The lowest BCUT2D eigenvalue weighted by molar-refractivity contribution is 0.653. The highest BCUT2D eigenvalue weighted by molar-refractivity contribution is 9.10. The zero-order valence-electron chi connectivity index (χ0n) is 8.55. The van der Waals surface area contributed by atoms with Crippen LogP contribution in [0.3, 0.4) is 0 Å². The third-order valence-corrected chi connectivity index (χ3v) is 4.79. The van der Waals surface area contributed by atoms with Gasteiger partial charge in [0.2, 0.25) is 0 Å². The Morgan fingerprint density at radius 1 is 1.64 bits per heavy atom. The van der Waals surface area contributed by atoms with E-state index in [0.717, 1.165) is 18.3 Å². The lowest BCUT2D eigenvalue weighted by Gasteiger charge is -2.07. The average Bonchev–Trinajstić information content (AvgIpc) is 2.58. The summed E-state index contributed by atoms with van der Waals surface area (Å²) < 4.78 is 1.19. The molecule has 14 heavy (non-hydrogen) atoms. The predicted octanol–water partition coefficient (Wildman–Crippen LogP) is 3.74. The first-order valence-electron chi connectivity index (χ1n) is 4.69. The molecule has 1 heterocycles. The summed E-state index contributed by atoms with van der Waals surface area (Å²) in [6.07, 6.45) is 3.41. The molecule has 1 atom stereocenters. The molecule has 0 radical (unpaired) electrons. The van der Waals surface area contributed by atoms with E-state index in [0.29, 0.717) is 0 Å². The van der Waals surface area contributed by atoms with Crippen molar-refractivity contribution in [3.8, 4) is 0 Å². The molecule has 1 aromatic heterocycles. The molecule has 80 valence electrons. The summed E-state index contributed by atoms with van der Waals surface area (Å²) in [7, 11) is 0. The number of rotatable bonds is 6. The van der Waals surface area contributed by atoms with E-state index in [1.54, 1.807) is 11.3 Å². The number of halogens is 1. The zero-order valence-corrected chi connectivity index (χ0v) is 11.8. The first-order valence-corrected chi connectivity index (χ1v) is 7.65. The van der Waals surface area contributed by atoms with Crippen LogP contribution in [0.2, 0.25) is 0 Å². The Labute approximate surface area is 103 Å². The molecule has 0 aliphatic heterocycles. The molecule has 1 nitrogen and oxygen atoms in total. The zero-order chi connectivity index (χ0) is 10.4. The number of nitrogens with one attached hydrogen (secondary N) is 1. The molecule has 0 bridgehead atoms. The molecular formula is C10H16BrNS2. The Kier molecular flexibility index (Phi) is 6.17. The maximum atomic E-state index is 3.46. The largest absolute Gasteiger partial charge is 0.312 e. The Balaban J connectivity index is 2.10. The predicted molar refractivity (Wildman–Crippen MR) is 71.3 cm³/mol. The highest BCUT2D eigenvalue weighted by Crippen LogP contribution is 2.19. The Morgan fingerprint density at radius 2 is 2.43 bits per heavy atom. The first-order chi connectivity index (χ1) is 6.72. The lowest BCUT2D eigenvalue weighted by atomic mass is 10.3. The molecule has 4 heteroatoms. The quantitative estimate of drug-likeness (QED) is 0.802. The number of hydrogen-bond donors (Lipinski definition) is 1. The Bertz CT molecular complexity index is 262. The van der Waals surface area contributed by atoms with Crippen LogP contribution in [0.5, 0.6) is 0 Å². The van der Waals surface area contributed by atoms with Gasteiger partial charge >= 0.3 is 0 Å². The van der Waals surface area contributed by atoms with E-state index in [2.05, 4.69) is 45.9 Å². The summed E-state index contributed by atoms with van der Waals surface area (Å²) in [6, 6.07) is 2.18.